The minimum absolute atomic E-state index is 0.0549. The molecule has 15 nitrogen and oxygen atoms in total. The Labute approximate surface area is 348 Å². The molecule has 0 aromatic heterocycles. The number of carbonyl (C=O) groups excluding carboxylic acids is 2. The lowest BCUT2D eigenvalue weighted by molar-refractivity contribution is -0.150. The maximum Gasteiger partial charge on any atom is 0.407 e. The molecule has 2 saturated heterocycles. The molecule has 324 valence electrons. The van der Waals surface area contributed by atoms with Crippen molar-refractivity contribution in [3.8, 4) is 11.5 Å². The van der Waals surface area contributed by atoms with Crippen LogP contribution >= 0.6 is 8.38 Å². The molecule has 0 spiro atoms. The molecule has 5 rings (SSSR count). The molecule has 3 aromatic carbocycles. The summed E-state index contributed by atoms with van der Waals surface area (Å²) >= 11 is 0. The average Bonchev–Trinajstić information content (AvgIpc) is 3.85. The smallest absolute Gasteiger partial charge is 0.407 e. The van der Waals surface area contributed by atoms with E-state index < -0.39 is 61.1 Å². The van der Waals surface area contributed by atoms with Crippen LogP contribution in [0.15, 0.2) is 83.8 Å². The van der Waals surface area contributed by atoms with Crippen molar-refractivity contribution in [1.82, 2.24) is 14.9 Å². The minimum atomic E-state index is -4.03. The van der Waals surface area contributed by atoms with Crippen LogP contribution in [-0.4, -0.2) is 113 Å². The zero-order chi connectivity index (χ0) is 42.4. The van der Waals surface area contributed by atoms with E-state index in [2.05, 4.69) is 10.6 Å². The Morgan fingerprint density at radius 2 is 1.66 bits per heavy atom. The number of benzene rings is 3. The summed E-state index contributed by atoms with van der Waals surface area (Å²) in [5.74, 6) is 0.583. The van der Waals surface area contributed by atoms with Crippen molar-refractivity contribution in [3.05, 3.63) is 90.0 Å². The lowest BCUT2D eigenvalue weighted by Crippen LogP contribution is -2.51. The van der Waals surface area contributed by atoms with Gasteiger partial charge in [0.25, 0.3) is 0 Å². The van der Waals surface area contributed by atoms with Crippen LogP contribution in [0.25, 0.3) is 0 Å². The van der Waals surface area contributed by atoms with E-state index in [0.29, 0.717) is 43.8 Å². The molecule has 0 radical (unpaired) electrons. The Morgan fingerprint density at radius 1 is 0.949 bits per heavy atom. The summed E-state index contributed by atoms with van der Waals surface area (Å²) in [6.07, 6.45) is -2.33. The monoisotopic (exact) mass is 859 g/mol. The molecule has 1 amide bonds. The van der Waals surface area contributed by atoms with Gasteiger partial charge in [-0.15, -0.1) is 0 Å². The fourth-order valence-corrected chi connectivity index (χ4v) is 9.71. The zero-order valence-corrected chi connectivity index (χ0v) is 36.1. The standard InChI is InChI=1S/C42H58N3O12PS/c1-6-52-40(47)30(4)56-58(57-34-10-8-7-9-11-34)23-21-43-25-32-14-12-31(13-15-32)24-37(44-42(48)55-39-28-54-41-36(39)20-22-53-41)38(46)27-45(26-29(2)3)59(49,50)35-18-16-33(51-5)17-19-35/h7-19,29-30,36-39,41,43,46H,6,20-28H2,1-5H3,(H,44,48)/t30-,36-,37-,38+,39-,41+,58?/m0/s1. The number of esters is 1. The van der Waals surface area contributed by atoms with E-state index in [1.165, 1.54) is 23.5 Å². The number of sulfonamides is 1. The summed E-state index contributed by atoms with van der Waals surface area (Å²) < 4.78 is 68.5. The quantitative estimate of drug-likeness (QED) is 0.0640. The maximum atomic E-state index is 13.9. The summed E-state index contributed by atoms with van der Waals surface area (Å²) in [7, 11) is -3.99. The molecule has 0 aliphatic carbocycles. The molecule has 7 atom stereocenters. The minimum Gasteiger partial charge on any atom is -0.497 e. The van der Waals surface area contributed by atoms with Gasteiger partial charge in [-0.3, -0.25) is 0 Å². The van der Waals surface area contributed by atoms with Gasteiger partial charge in [0.2, 0.25) is 18.4 Å². The second-order valence-corrected chi connectivity index (χ2v) is 18.3. The van der Waals surface area contributed by atoms with E-state index in [-0.39, 0.29) is 49.5 Å². The van der Waals surface area contributed by atoms with Crippen LogP contribution in [0.2, 0.25) is 0 Å². The third-order valence-corrected chi connectivity index (χ3v) is 13.2. The van der Waals surface area contributed by atoms with Gasteiger partial charge < -0.3 is 48.5 Å². The lowest BCUT2D eigenvalue weighted by atomic mass is 10.00. The van der Waals surface area contributed by atoms with Gasteiger partial charge in [-0.05, 0) is 80.1 Å². The highest BCUT2D eigenvalue weighted by Gasteiger charge is 2.44. The number of methoxy groups -OCH3 is 1. The van der Waals surface area contributed by atoms with Crippen LogP contribution in [0.5, 0.6) is 11.5 Å². The first-order valence-electron chi connectivity index (χ1n) is 20.0. The molecular weight excluding hydrogens is 802 g/mol. The third-order valence-electron chi connectivity index (χ3n) is 9.79. The fourth-order valence-electron chi connectivity index (χ4n) is 6.71. The number of hydrogen-bond acceptors (Lipinski definition) is 13. The van der Waals surface area contributed by atoms with Gasteiger partial charge in [-0.2, -0.15) is 4.31 Å². The van der Waals surface area contributed by atoms with Crippen LogP contribution in [-0.2, 0) is 51.3 Å². The molecule has 59 heavy (non-hydrogen) atoms. The van der Waals surface area contributed by atoms with Gasteiger partial charge in [0.05, 0.1) is 49.9 Å². The van der Waals surface area contributed by atoms with Crippen molar-refractivity contribution < 1.29 is 55.8 Å². The Morgan fingerprint density at radius 3 is 2.34 bits per heavy atom. The maximum absolute atomic E-state index is 13.9. The summed E-state index contributed by atoms with van der Waals surface area (Å²) in [5, 5.41) is 18.0. The largest absolute Gasteiger partial charge is 0.497 e. The number of carbonyl (C=O) groups is 2. The Balaban J connectivity index is 1.24. The first-order valence-corrected chi connectivity index (χ1v) is 22.8. The highest BCUT2D eigenvalue weighted by Crippen LogP contribution is 2.40. The number of aliphatic hydroxyl groups excluding tert-OH is 1. The number of hydrogen-bond donors (Lipinski definition) is 3. The highest BCUT2D eigenvalue weighted by atomic mass is 32.2. The molecule has 17 heteroatoms. The number of amides is 1. The number of alkyl carbamates (subject to hydrolysis) is 1. The number of rotatable bonds is 23. The van der Waals surface area contributed by atoms with E-state index in [0.717, 1.165) is 11.1 Å². The summed E-state index contributed by atoms with van der Waals surface area (Å²) in [6, 6.07) is 22.2. The van der Waals surface area contributed by atoms with Gasteiger partial charge in [0.15, 0.2) is 12.4 Å². The SMILES string of the molecule is CCOC(=O)[C@H](C)OP(CCNCc1ccc(C[C@H](NC(=O)O[C@H]2CO[C@H]3OCC[C@H]32)[C@H](O)CN(CC(C)C)S(=O)(=O)c2ccc(OC)cc2)cc1)Oc1ccccc1. The van der Waals surface area contributed by atoms with Crippen LogP contribution in [0, 0.1) is 11.8 Å². The van der Waals surface area contributed by atoms with Crippen molar-refractivity contribution >= 4 is 30.5 Å². The molecule has 3 N–H and O–H groups in total. The molecule has 0 saturated carbocycles. The van der Waals surface area contributed by atoms with E-state index in [4.69, 9.17) is 32.7 Å². The Bertz CT molecular complexity index is 1860. The molecule has 2 aliphatic rings. The molecule has 0 bridgehead atoms. The van der Waals surface area contributed by atoms with Gasteiger partial charge >= 0.3 is 12.1 Å². The predicted octanol–water partition coefficient (Wildman–Crippen LogP) is 5.25. The Kier molecular flexibility index (Phi) is 17.7. The first-order chi connectivity index (χ1) is 28.4. The topological polar surface area (TPSA) is 180 Å². The first kappa shape index (κ1) is 46.2. The summed E-state index contributed by atoms with van der Waals surface area (Å²) in [4.78, 5) is 25.7. The van der Waals surface area contributed by atoms with Crippen LogP contribution < -0.4 is 19.9 Å². The number of ether oxygens (including phenoxy) is 5. The third kappa shape index (κ3) is 13.8. The van der Waals surface area contributed by atoms with E-state index in [1.54, 1.807) is 26.0 Å². The van der Waals surface area contributed by atoms with Crippen molar-refractivity contribution in [2.24, 2.45) is 11.8 Å². The molecule has 2 aliphatic heterocycles. The average molecular weight is 860 g/mol. The van der Waals surface area contributed by atoms with E-state index in [1.807, 2.05) is 68.4 Å². The number of para-hydroxylation sites is 1. The van der Waals surface area contributed by atoms with Crippen molar-refractivity contribution in [2.75, 3.05) is 52.7 Å². The number of aliphatic hydroxyl groups is 1. The molecular formula is C42H58N3O12PS. The number of fused-ring (bicyclic) bond motifs is 1. The van der Waals surface area contributed by atoms with Crippen molar-refractivity contribution in [1.29, 1.82) is 0 Å². The molecule has 2 fully saturated rings. The number of nitrogens with one attached hydrogen (secondary N) is 2. The van der Waals surface area contributed by atoms with Gasteiger partial charge in [-0.1, -0.05) is 56.3 Å². The highest BCUT2D eigenvalue weighted by molar-refractivity contribution is 7.89. The van der Waals surface area contributed by atoms with Crippen LogP contribution in [0.4, 0.5) is 4.79 Å². The van der Waals surface area contributed by atoms with Crippen LogP contribution in [0.1, 0.15) is 45.2 Å². The lowest BCUT2D eigenvalue weighted by Gasteiger charge is -2.31. The predicted molar refractivity (Wildman–Crippen MR) is 221 cm³/mol. The van der Waals surface area contributed by atoms with Gasteiger partial charge in [0, 0.05) is 32.3 Å². The second-order valence-electron chi connectivity index (χ2n) is 14.8. The summed E-state index contributed by atoms with van der Waals surface area (Å²) in [5.41, 5.74) is 1.79. The molecule has 2 heterocycles. The summed E-state index contributed by atoms with van der Waals surface area (Å²) in [6.45, 7) is 9.11. The molecule has 1 unspecified atom stereocenters. The molecule has 3 aromatic rings. The van der Waals surface area contributed by atoms with Gasteiger partial charge in [-0.25, -0.2) is 18.0 Å². The zero-order valence-electron chi connectivity index (χ0n) is 34.4. The second kappa shape index (κ2) is 22.7. The van der Waals surface area contributed by atoms with Crippen molar-refractivity contribution in [2.45, 2.75) is 82.6 Å². The van der Waals surface area contributed by atoms with E-state index in [9.17, 15) is 23.1 Å². The normalized spacial score (nSPS) is 19.8. The van der Waals surface area contributed by atoms with Crippen molar-refractivity contribution in [3.63, 3.8) is 0 Å². The fraction of sp³-hybridized carbons (Fsp3) is 0.524. The van der Waals surface area contributed by atoms with Crippen LogP contribution in [0.3, 0.4) is 0 Å². The van der Waals surface area contributed by atoms with Gasteiger partial charge in [0.1, 0.15) is 17.6 Å². The van der Waals surface area contributed by atoms with E-state index >= 15 is 0 Å². The Hall–Kier alpha value is -3.86. The number of nitrogens with zero attached hydrogens (tertiary/aromatic N) is 1.